The molecule has 1 N–H and O–H groups in total. The van der Waals surface area contributed by atoms with Crippen LogP contribution in [0.5, 0.6) is 0 Å². The summed E-state index contributed by atoms with van der Waals surface area (Å²) in [4.78, 5) is 9.85. The lowest BCUT2D eigenvalue weighted by atomic mass is 10.1. The maximum atomic E-state index is 6.11. The topological polar surface area (TPSA) is 49.3 Å². The van der Waals surface area contributed by atoms with E-state index in [0.29, 0.717) is 24.3 Å². The van der Waals surface area contributed by atoms with Crippen LogP contribution in [0.4, 0.5) is 0 Å². The van der Waals surface area contributed by atoms with Gasteiger partial charge < -0.3 is 19.7 Å². The fraction of sp³-hybridized carbons (Fsp3) is 0.955. The second-order valence-corrected chi connectivity index (χ2v) is 8.67. The number of nitrogens with zero attached hydrogens (tertiary/aromatic N) is 3. The number of aliphatic imine (C=N–C) groups is 1. The number of piperidine rings is 1. The van der Waals surface area contributed by atoms with Gasteiger partial charge in [-0.1, -0.05) is 0 Å². The molecule has 2 heterocycles. The molecular formula is C22H44N4O2. The van der Waals surface area contributed by atoms with Gasteiger partial charge in [0.15, 0.2) is 5.96 Å². The highest BCUT2D eigenvalue weighted by Gasteiger charge is 2.24. The Hall–Kier alpha value is -0.850. The number of likely N-dealkylation sites (tertiary alicyclic amines) is 1. The van der Waals surface area contributed by atoms with Gasteiger partial charge >= 0.3 is 0 Å². The van der Waals surface area contributed by atoms with Crippen molar-refractivity contribution in [1.29, 1.82) is 0 Å². The zero-order valence-corrected chi connectivity index (χ0v) is 19.0. The molecule has 0 aromatic carbocycles. The number of nitrogens with one attached hydrogen (secondary N) is 1. The van der Waals surface area contributed by atoms with E-state index in [4.69, 9.17) is 14.5 Å². The first-order valence-corrected chi connectivity index (χ1v) is 11.5. The minimum Gasteiger partial charge on any atom is -0.376 e. The Morgan fingerprint density at radius 1 is 1.18 bits per heavy atom. The molecule has 6 nitrogen and oxygen atoms in total. The monoisotopic (exact) mass is 396 g/mol. The van der Waals surface area contributed by atoms with Gasteiger partial charge in [0.2, 0.25) is 0 Å². The van der Waals surface area contributed by atoms with Crippen LogP contribution in [0.15, 0.2) is 4.99 Å². The molecule has 0 aromatic heterocycles. The predicted octanol–water partition coefficient (Wildman–Crippen LogP) is 3.12. The molecule has 2 rings (SSSR count). The second kappa shape index (κ2) is 12.7. The van der Waals surface area contributed by atoms with Crippen LogP contribution in [-0.2, 0) is 9.47 Å². The van der Waals surface area contributed by atoms with Crippen molar-refractivity contribution in [2.45, 2.75) is 91.0 Å². The van der Waals surface area contributed by atoms with Gasteiger partial charge in [-0.25, -0.2) is 0 Å². The van der Waals surface area contributed by atoms with E-state index in [1.54, 1.807) is 0 Å². The molecule has 2 aliphatic rings. The van der Waals surface area contributed by atoms with E-state index in [0.717, 1.165) is 77.6 Å². The number of hydrogen-bond acceptors (Lipinski definition) is 4. The molecule has 2 fully saturated rings. The molecule has 0 saturated carbocycles. The SMILES string of the molecule is CCNC(=NCCCN(C(C)C)C(C)C)N1CCC(OCC2CCCO2)CC1. The summed E-state index contributed by atoms with van der Waals surface area (Å²) in [5.74, 6) is 1.07. The fourth-order valence-corrected chi connectivity index (χ4v) is 4.23. The van der Waals surface area contributed by atoms with Crippen molar-refractivity contribution in [2.75, 3.05) is 45.9 Å². The van der Waals surface area contributed by atoms with Crippen molar-refractivity contribution >= 4 is 5.96 Å². The van der Waals surface area contributed by atoms with E-state index < -0.39 is 0 Å². The molecule has 28 heavy (non-hydrogen) atoms. The van der Waals surface area contributed by atoms with Gasteiger partial charge in [-0.05, 0) is 66.7 Å². The van der Waals surface area contributed by atoms with Crippen molar-refractivity contribution in [1.82, 2.24) is 15.1 Å². The average molecular weight is 397 g/mol. The number of ether oxygens (including phenoxy) is 2. The molecule has 0 spiro atoms. The first kappa shape index (κ1) is 23.4. The highest BCUT2D eigenvalue weighted by Crippen LogP contribution is 2.18. The standard InChI is InChI=1S/C22H44N4O2/c1-6-23-22(24-12-8-13-26(18(2)3)19(4)5)25-14-10-20(11-15-25)28-17-21-9-7-16-27-21/h18-21H,6-17H2,1-5H3,(H,23,24). The summed E-state index contributed by atoms with van der Waals surface area (Å²) in [6.45, 7) is 17.9. The Morgan fingerprint density at radius 3 is 2.46 bits per heavy atom. The van der Waals surface area contributed by atoms with E-state index in [1.165, 1.54) is 6.42 Å². The number of guanidine groups is 1. The Bertz CT molecular complexity index is 434. The molecule has 0 aliphatic carbocycles. The van der Waals surface area contributed by atoms with Crippen molar-refractivity contribution in [3.05, 3.63) is 0 Å². The van der Waals surface area contributed by atoms with E-state index in [9.17, 15) is 0 Å². The first-order valence-electron chi connectivity index (χ1n) is 11.5. The smallest absolute Gasteiger partial charge is 0.193 e. The van der Waals surface area contributed by atoms with Gasteiger partial charge in [-0.3, -0.25) is 9.89 Å². The fourth-order valence-electron chi connectivity index (χ4n) is 4.23. The van der Waals surface area contributed by atoms with Gasteiger partial charge in [0, 0.05) is 51.4 Å². The lowest BCUT2D eigenvalue weighted by molar-refractivity contribution is -0.0367. The molecule has 6 heteroatoms. The van der Waals surface area contributed by atoms with E-state index in [-0.39, 0.29) is 0 Å². The second-order valence-electron chi connectivity index (χ2n) is 8.67. The third-order valence-electron chi connectivity index (χ3n) is 5.78. The molecule has 1 atom stereocenters. The first-order chi connectivity index (χ1) is 13.5. The lowest BCUT2D eigenvalue weighted by Crippen LogP contribution is -2.47. The van der Waals surface area contributed by atoms with Crippen molar-refractivity contribution in [3.63, 3.8) is 0 Å². The van der Waals surface area contributed by atoms with E-state index >= 15 is 0 Å². The van der Waals surface area contributed by atoms with Gasteiger partial charge in [-0.2, -0.15) is 0 Å². The van der Waals surface area contributed by atoms with Crippen LogP contribution >= 0.6 is 0 Å². The van der Waals surface area contributed by atoms with Crippen LogP contribution in [0, 0.1) is 0 Å². The molecule has 2 saturated heterocycles. The summed E-state index contributed by atoms with van der Waals surface area (Å²) in [5.41, 5.74) is 0. The molecular weight excluding hydrogens is 352 g/mol. The van der Waals surface area contributed by atoms with Gasteiger partial charge in [0.25, 0.3) is 0 Å². The van der Waals surface area contributed by atoms with E-state index in [1.807, 2.05) is 0 Å². The van der Waals surface area contributed by atoms with Crippen molar-refractivity contribution in [3.8, 4) is 0 Å². The van der Waals surface area contributed by atoms with Gasteiger partial charge in [-0.15, -0.1) is 0 Å². The zero-order valence-electron chi connectivity index (χ0n) is 19.0. The molecule has 0 bridgehead atoms. The van der Waals surface area contributed by atoms with Gasteiger partial charge in [0.05, 0.1) is 18.8 Å². The summed E-state index contributed by atoms with van der Waals surface area (Å²) in [6.07, 6.45) is 6.29. The minimum atomic E-state index is 0.327. The van der Waals surface area contributed by atoms with Crippen LogP contribution in [0.2, 0.25) is 0 Å². The summed E-state index contributed by atoms with van der Waals surface area (Å²) in [7, 11) is 0. The molecule has 0 radical (unpaired) electrons. The lowest BCUT2D eigenvalue weighted by Gasteiger charge is -2.34. The number of hydrogen-bond donors (Lipinski definition) is 1. The summed E-state index contributed by atoms with van der Waals surface area (Å²) in [5, 5.41) is 3.48. The van der Waals surface area contributed by atoms with Crippen LogP contribution in [-0.4, -0.2) is 86.0 Å². The van der Waals surface area contributed by atoms with Gasteiger partial charge in [0.1, 0.15) is 0 Å². The summed E-state index contributed by atoms with van der Waals surface area (Å²) in [6, 6.07) is 1.18. The Kier molecular flexibility index (Phi) is 10.6. The van der Waals surface area contributed by atoms with E-state index in [2.05, 4.69) is 49.7 Å². The third-order valence-corrected chi connectivity index (χ3v) is 5.78. The maximum Gasteiger partial charge on any atom is 0.193 e. The Balaban J connectivity index is 1.72. The molecule has 2 aliphatic heterocycles. The van der Waals surface area contributed by atoms with Crippen molar-refractivity contribution < 1.29 is 9.47 Å². The number of rotatable bonds is 10. The third kappa shape index (κ3) is 7.88. The summed E-state index contributed by atoms with van der Waals surface area (Å²) >= 11 is 0. The maximum absolute atomic E-state index is 6.11. The highest BCUT2D eigenvalue weighted by atomic mass is 16.5. The minimum absolute atomic E-state index is 0.327. The normalized spacial score (nSPS) is 22.1. The molecule has 1 unspecified atom stereocenters. The largest absolute Gasteiger partial charge is 0.376 e. The zero-order chi connectivity index (χ0) is 20.4. The van der Waals surface area contributed by atoms with Crippen LogP contribution < -0.4 is 5.32 Å². The molecule has 0 aromatic rings. The quantitative estimate of drug-likeness (QED) is 0.349. The van der Waals surface area contributed by atoms with Crippen LogP contribution in [0.3, 0.4) is 0 Å². The predicted molar refractivity (Wildman–Crippen MR) is 117 cm³/mol. The highest BCUT2D eigenvalue weighted by molar-refractivity contribution is 5.80. The Labute approximate surface area is 173 Å². The Morgan fingerprint density at radius 2 is 1.89 bits per heavy atom. The van der Waals surface area contributed by atoms with Crippen LogP contribution in [0.1, 0.15) is 66.7 Å². The summed E-state index contributed by atoms with van der Waals surface area (Å²) < 4.78 is 11.8. The average Bonchev–Trinajstić information content (AvgIpc) is 3.19. The van der Waals surface area contributed by atoms with Crippen molar-refractivity contribution in [2.24, 2.45) is 4.99 Å². The van der Waals surface area contributed by atoms with Crippen LogP contribution in [0.25, 0.3) is 0 Å². The molecule has 164 valence electrons. The molecule has 0 amide bonds.